The number of fused-ring (bicyclic) bond motifs is 6. The van der Waals surface area contributed by atoms with E-state index in [-0.39, 0.29) is 30.7 Å². The smallest absolute Gasteiger partial charge is 0.246 e. The van der Waals surface area contributed by atoms with Crippen LogP contribution in [0.1, 0.15) is 42.1 Å². The topological polar surface area (TPSA) is 74.9 Å². The number of piperazine rings is 1. The molecular formula is C25H23N3O4. The van der Waals surface area contributed by atoms with E-state index in [1.54, 1.807) is 0 Å². The summed E-state index contributed by atoms with van der Waals surface area (Å²) >= 11 is 0. The number of aromatic amines is 1. The number of amides is 2. The fourth-order valence-electron chi connectivity index (χ4n) is 6.00. The lowest BCUT2D eigenvalue weighted by Crippen LogP contribution is -2.67. The molecular weight excluding hydrogens is 406 g/mol. The quantitative estimate of drug-likeness (QED) is 0.645. The van der Waals surface area contributed by atoms with Crippen molar-refractivity contribution in [3.8, 4) is 11.5 Å². The summed E-state index contributed by atoms with van der Waals surface area (Å²) in [5, 5.41) is 1.12. The highest BCUT2D eigenvalue weighted by atomic mass is 16.7. The third-order valence-electron chi connectivity index (χ3n) is 7.45. The van der Waals surface area contributed by atoms with Crippen molar-refractivity contribution < 1.29 is 19.1 Å². The van der Waals surface area contributed by atoms with Crippen molar-refractivity contribution in [3.05, 3.63) is 59.3 Å². The van der Waals surface area contributed by atoms with Crippen LogP contribution in [0.5, 0.6) is 11.5 Å². The van der Waals surface area contributed by atoms with Gasteiger partial charge in [-0.2, -0.15) is 0 Å². The fraction of sp³-hybridized carbons (Fsp3) is 0.360. The molecule has 4 aliphatic rings. The van der Waals surface area contributed by atoms with E-state index in [4.69, 9.17) is 9.47 Å². The number of para-hydroxylation sites is 1. The number of nitrogens with zero attached hydrogens (tertiary/aromatic N) is 2. The number of nitrogens with one attached hydrogen (secondary N) is 1. The summed E-state index contributed by atoms with van der Waals surface area (Å²) in [4.78, 5) is 34.8. The van der Waals surface area contributed by atoms with E-state index < -0.39 is 6.04 Å². The van der Waals surface area contributed by atoms with Gasteiger partial charge in [0.1, 0.15) is 12.1 Å². The molecule has 7 rings (SSSR count). The molecule has 7 nitrogen and oxygen atoms in total. The summed E-state index contributed by atoms with van der Waals surface area (Å²) in [7, 11) is 0. The van der Waals surface area contributed by atoms with Crippen LogP contribution in [-0.4, -0.2) is 52.0 Å². The highest BCUT2D eigenvalue weighted by Gasteiger charge is 2.52. The highest BCUT2D eigenvalue weighted by Crippen LogP contribution is 2.46. The van der Waals surface area contributed by atoms with Crippen molar-refractivity contribution in [2.75, 3.05) is 13.3 Å². The molecule has 4 aliphatic heterocycles. The summed E-state index contributed by atoms with van der Waals surface area (Å²) < 4.78 is 11.1. The van der Waals surface area contributed by atoms with Crippen LogP contribution in [0.4, 0.5) is 0 Å². The summed E-state index contributed by atoms with van der Waals surface area (Å²) in [6, 6.07) is 12.8. The zero-order chi connectivity index (χ0) is 21.4. The molecule has 5 heterocycles. The van der Waals surface area contributed by atoms with Crippen LogP contribution in [0.2, 0.25) is 0 Å². The zero-order valence-electron chi connectivity index (χ0n) is 17.5. The molecule has 1 unspecified atom stereocenters. The Morgan fingerprint density at radius 3 is 2.75 bits per heavy atom. The number of aromatic nitrogens is 1. The molecule has 32 heavy (non-hydrogen) atoms. The zero-order valence-corrected chi connectivity index (χ0v) is 17.5. The van der Waals surface area contributed by atoms with Gasteiger partial charge in [0, 0.05) is 29.6 Å². The van der Waals surface area contributed by atoms with Gasteiger partial charge in [0.2, 0.25) is 18.6 Å². The van der Waals surface area contributed by atoms with Crippen LogP contribution < -0.4 is 9.47 Å². The van der Waals surface area contributed by atoms with E-state index in [0.717, 1.165) is 47.0 Å². The first-order valence-corrected chi connectivity index (χ1v) is 11.3. The van der Waals surface area contributed by atoms with E-state index in [1.165, 1.54) is 0 Å². The molecule has 0 aliphatic carbocycles. The minimum atomic E-state index is -0.487. The van der Waals surface area contributed by atoms with E-state index in [1.807, 2.05) is 40.1 Å². The summed E-state index contributed by atoms with van der Waals surface area (Å²) in [5.41, 5.74) is 4.07. The normalized spacial score (nSPS) is 26.2. The predicted molar refractivity (Wildman–Crippen MR) is 116 cm³/mol. The minimum Gasteiger partial charge on any atom is -0.454 e. The van der Waals surface area contributed by atoms with Crippen molar-refractivity contribution in [1.29, 1.82) is 0 Å². The Bertz CT molecular complexity index is 1280. The number of carbonyl (C=O) groups excluding carboxylic acids is 2. The maximum atomic E-state index is 13.8. The summed E-state index contributed by atoms with van der Waals surface area (Å²) in [6.45, 7) is 0.872. The molecule has 2 aromatic carbocycles. The van der Waals surface area contributed by atoms with E-state index in [0.29, 0.717) is 24.5 Å². The standard InChI is InChI=1S/C25H23N3O4/c29-24-19-12-16-15-5-1-2-6-17(15)26-22(16)23(14-8-9-20-21(11-14)32-13-31-20)28(19)25(30)18-7-3-4-10-27(18)24/h1-2,5-6,8-9,11,18-19,23,26H,3-4,7,10,12-13H2/t18?,19-,23-/m1/s1. The van der Waals surface area contributed by atoms with Crippen LogP contribution in [-0.2, 0) is 16.0 Å². The van der Waals surface area contributed by atoms with Crippen LogP contribution >= 0.6 is 0 Å². The maximum absolute atomic E-state index is 13.8. The lowest BCUT2D eigenvalue weighted by molar-refractivity contribution is -0.166. The SMILES string of the molecule is O=C1[C@H]2Cc3c([nH]c4ccccc34)[C@@H](c3ccc4c(c3)OCO4)N2C(=O)C2CCCCN12. The number of carbonyl (C=O) groups is 2. The van der Waals surface area contributed by atoms with Gasteiger partial charge in [-0.25, -0.2) is 0 Å². The number of H-pyrrole nitrogens is 1. The molecule has 0 spiro atoms. The number of piperidine rings is 1. The number of hydrogen-bond donors (Lipinski definition) is 1. The number of benzene rings is 2. The van der Waals surface area contributed by atoms with E-state index >= 15 is 0 Å². The largest absolute Gasteiger partial charge is 0.454 e. The number of ether oxygens (including phenoxy) is 2. The molecule has 0 bridgehead atoms. The first kappa shape index (κ1) is 18.1. The second-order valence-corrected chi connectivity index (χ2v) is 9.09. The molecule has 2 fully saturated rings. The maximum Gasteiger partial charge on any atom is 0.246 e. The van der Waals surface area contributed by atoms with Gasteiger partial charge in [0.25, 0.3) is 0 Å². The molecule has 2 amide bonds. The van der Waals surface area contributed by atoms with Crippen molar-refractivity contribution in [3.63, 3.8) is 0 Å². The Kier molecular flexibility index (Phi) is 3.69. The Balaban J connectivity index is 1.45. The van der Waals surface area contributed by atoms with Crippen LogP contribution in [0.3, 0.4) is 0 Å². The fourth-order valence-corrected chi connectivity index (χ4v) is 6.00. The first-order valence-electron chi connectivity index (χ1n) is 11.3. The lowest BCUT2D eigenvalue weighted by atomic mass is 9.83. The van der Waals surface area contributed by atoms with Gasteiger partial charge in [-0.1, -0.05) is 24.3 Å². The lowest BCUT2D eigenvalue weighted by Gasteiger charge is -2.51. The molecule has 2 saturated heterocycles. The van der Waals surface area contributed by atoms with Gasteiger partial charge in [-0.3, -0.25) is 9.59 Å². The Morgan fingerprint density at radius 2 is 1.81 bits per heavy atom. The molecule has 7 heteroatoms. The van der Waals surface area contributed by atoms with Crippen molar-refractivity contribution >= 4 is 22.7 Å². The predicted octanol–water partition coefficient (Wildman–Crippen LogP) is 3.13. The van der Waals surface area contributed by atoms with Gasteiger partial charge in [0.15, 0.2) is 11.5 Å². The van der Waals surface area contributed by atoms with E-state index in [2.05, 4.69) is 17.1 Å². The van der Waals surface area contributed by atoms with Crippen molar-refractivity contribution in [2.24, 2.45) is 0 Å². The van der Waals surface area contributed by atoms with Gasteiger partial charge in [0.05, 0.1) is 6.04 Å². The van der Waals surface area contributed by atoms with Crippen LogP contribution in [0.25, 0.3) is 10.9 Å². The molecule has 1 N–H and O–H groups in total. The molecule has 3 atom stereocenters. The third kappa shape index (κ3) is 2.36. The van der Waals surface area contributed by atoms with Gasteiger partial charge in [-0.05, 0) is 48.6 Å². The molecule has 0 saturated carbocycles. The average Bonchev–Trinajstić information content (AvgIpc) is 3.45. The van der Waals surface area contributed by atoms with Crippen LogP contribution in [0, 0.1) is 0 Å². The Hall–Kier alpha value is -3.48. The first-order chi connectivity index (χ1) is 15.7. The van der Waals surface area contributed by atoms with Crippen molar-refractivity contribution in [2.45, 2.75) is 43.8 Å². The molecule has 162 valence electrons. The highest BCUT2D eigenvalue weighted by molar-refractivity contribution is 5.99. The second-order valence-electron chi connectivity index (χ2n) is 9.09. The molecule has 1 aromatic heterocycles. The number of rotatable bonds is 1. The summed E-state index contributed by atoms with van der Waals surface area (Å²) in [6.07, 6.45) is 3.21. The second kappa shape index (κ2) is 6.51. The number of hydrogen-bond acceptors (Lipinski definition) is 4. The monoisotopic (exact) mass is 429 g/mol. The minimum absolute atomic E-state index is 0.0567. The Labute approximate surface area is 184 Å². The van der Waals surface area contributed by atoms with Gasteiger partial charge >= 0.3 is 0 Å². The van der Waals surface area contributed by atoms with E-state index in [9.17, 15) is 9.59 Å². The van der Waals surface area contributed by atoms with Crippen LogP contribution in [0.15, 0.2) is 42.5 Å². The summed E-state index contributed by atoms with van der Waals surface area (Å²) in [5.74, 6) is 1.52. The van der Waals surface area contributed by atoms with Gasteiger partial charge < -0.3 is 24.3 Å². The average molecular weight is 429 g/mol. The molecule has 0 radical (unpaired) electrons. The van der Waals surface area contributed by atoms with Crippen molar-refractivity contribution in [1.82, 2.24) is 14.8 Å². The van der Waals surface area contributed by atoms with Gasteiger partial charge in [-0.15, -0.1) is 0 Å². The third-order valence-corrected chi connectivity index (χ3v) is 7.45. The Morgan fingerprint density at radius 1 is 0.938 bits per heavy atom. The molecule has 3 aromatic rings.